The average molecular weight is 2460 g/mol. The Morgan fingerprint density at radius 2 is 0.343 bits per heavy atom. The summed E-state index contributed by atoms with van der Waals surface area (Å²) in [6, 6.07) is 133. The van der Waals surface area contributed by atoms with E-state index in [9.17, 15) is 0 Å². The molecule has 0 aromatic heterocycles. The van der Waals surface area contributed by atoms with E-state index in [2.05, 4.69) is 425 Å². The van der Waals surface area contributed by atoms with Crippen molar-refractivity contribution >= 4 is 0 Å². The fourth-order valence-electron chi connectivity index (χ4n) is 23.0. The molecule has 134 heavy (non-hydrogen) atoms. The molecule has 10 heteroatoms. The van der Waals surface area contributed by atoms with Gasteiger partial charge in [0.2, 0.25) is 0 Å². The first-order chi connectivity index (χ1) is 61.3. The molecule has 9 aliphatic rings. The van der Waals surface area contributed by atoms with E-state index in [-0.39, 0.29) is 153 Å². The third-order valence-corrected chi connectivity index (χ3v) is 28.2. The van der Waals surface area contributed by atoms with Crippen molar-refractivity contribution in [2.75, 3.05) is 0 Å². The molecule has 4 fully saturated rings. The van der Waals surface area contributed by atoms with Crippen LogP contribution < -0.4 is 0 Å². The number of hydrogen-bond donors (Lipinski definition) is 0. The first kappa shape index (κ1) is 120. The SMILES string of the molecule is C1CCCC1.CC1(C2CCCC2)c2ccccc2-c2ccccc21.CC1(C2CCCC2)c2ccccc2-c2ccccc21.CC1(c2ccccc2)c2ccccc2-c2ccccc21.[C-]#[O+].[C-]#[O+].[C-]#[O+].[C-]#[O+].[C-]#[O+].[C-]#[O+].[CH3-].[CH3-].[CH3-].[CH3-].[CH3-].[CH3-].[Re].[Re].[Re].[Re].c1ccc(C2(C3CCCC3)c3ccccc3-c3ccccc32)cc1.c1ccc(C2(c3ccccc3)c3ccccc3-c3ccccc32)cc1. The fourth-order valence-corrected chi connectivity index (χ4v) is 23.0. The van der Waals surface area contributed by atoms with Gasteiger partial charge in [-0.2, -0.15) is 0 Å². The summed E-state index contributed by atoms with van der Waals surface area (Å²) in [6.07, 6.45) is 24.1. The first-order valence-corrected chi connectivity index (χ1v) is 43.7. The summed E-state index contributed by atoms with van der Waals surface area (Å²) in [5.74, 6) is 2.33. The monoisotopic (exact) mass is 2460 g/mol. The third-order valence-electron chi connectivity index (χ3n) is 28.2. The van der Waals surface area contributed by atoms with Crippen molar-refractivity contribution in [3.63, 3.8) is 0 Å². The van der Waals surface area contributed by atoms with Gasteiger partial charge in [-0.1, -0.05) is 448 Å². The zero-order chi connectivity index (χ0) is 87.5. The van der Waals surface area contributed by atoms with Gasteiger partial charge in [-0.05, 0) is 197 Å². The van der Waals surface area contributed by atoms with Crippen LogP contribution in [0.3, 0.4) is 0 Å². The average Bonchev–Trinajstić information content (AvgIpc) is 1.42. The smallest absolute Gasteiger partial charge is 0.0713 e. The topological polar surface area (TPSA) is 119 Å². The molecule has 0 atom stereocenters. The Morgan fingerprint density at radius 1 is 0.179 bits per heavy atom. The molecule has 14 aromatic rings. The molecule has 0 N–H and O–H groups in total. The van der Waals surface area contributed by atoms with Crippen molar-refractivity contribution in [2.45, 2.75) is 157 Å². The van der Waals surface area contributed by atoms with Gasteiger partial charge in [-0.25, -0.2) is 0 Å². The molecule has 9 aliphatic carbocycles. The fraction of sp³-hybridized carbons (Fsp3) is 0.226. The second-order valence-electron chi connectivity index (χ2n) is 33.7. The Morgan fingerprint density at radius 3 is 0.590 bits per heavy atom. The summed E-state index contributed by atoms with van der Waals surface area (Å²) >= 11 is 0. The summed E-state index contributed by atoms with van der Waals surface area (Å²) in [7, 11) is 0. The minimum absolute atomic E-state index is 0. The molecule has 0 bridgehead atoms. The van der Waals surface area contributed by atoms with Crippen molar-refractivity contribution in [3.05, 3.63) is 526 Å². The standard InChI is InChI=1S/C25H18.C24H22.C20H16.2C19H20.C5H10.6CO.6CH3.4Re/c1-3-11-19(12-4-1)25(20-13-5-2-6-14-20)23-17-9-7-15-21(23)22-16-8-10-18-24(22)25;1-2-10-18(11-3-1)24(19-12-4-5-13-19)22-16-8-6-14-20(22)21-15-7-9-17-23(21)24;1-20(15-9-3-2-4-10-15)18-13-7-5-11-16(18)17-12-6-8-14-19(17)20;2*1-19(14-8-2-3-9-14)17-12-6-4-10-15(17)16-11-5-7-13-18(16)19;1-2-4-5-3-1;6*1-2;;;;;;;;;;/h1-18H;1-3,6-11,14-17,19H,4-5,12-13H2;2-14H,1H3;2*4-7,10-14H,2-3,8-9H2,1H3;1-5H2;;;;;;;6*1H3;;;;/q;;;;;;;;;;;;6*-1;;;;. The molecule has 0 aliphatic heterocycles. The van der Waals surface area contributed by atoms with Crippen LogP contribution >= 0.6 is 0 Å². The predicted molar refractivity (Wildman–Crippen MR) is 534 cm³/mol. The van der Waals surface area contributed by atoms with Crippen LogP contribution in [0.1, 0.15) is 208 Å². The summed E-state index contributed by atoms with van der Waals surface area (Å²) in [6.45, 7) is 34.3. The molecular formula is C124H124O6Re4-6. The maximum absolute atomic E-state index is 7.50. The van der Waals surface area contributed by atoms with Gasteiger partial charge in [-0.15, -0.1) is 0 Å². The van der Waals surface area contributed by atoms with Crippen LogP contribution in [0.5, 0.6) is 0 Å². The molecule has 0 amide bonds. The molecular weight excluding hydrogens is 2330 g/mol. The van der Waals surface area contributed by atoms with Gasteiger partial charge in [0, 0.05) is 103 Å². The summed E-state index contributed by atoms with van der Waals surface area (Å²) < 4.78 is 45.0. The third kappa shape index (κ3) is 22.9. The number of benzene rings is 14. The minimum atomic E-state index is -0.254. The maximum atomic E-state index is 7.50. The number of hydrogen-bond acceptors (Lipinski definition) is 0. The molecule has 0 unspecified atom stereocenters. The van der Waals surface area contributed by atoms with E-state index in [0.717, 1.165) is 11.8 Å². The molecule has 0 spiro atoms. The first-order valence-electron chi connectivity index (χ1n) is 43.7. The Kier molecular flexibility index (Phi) is 52.0. The number of fused-ring (bicyclic) bond motifs is 15. The molecule has 14 aromatic carbocycles. The van der Waals surface area contributed by atoms with Crippen LogP contribution in [-0.4, -0.2) is 0 Å². The van der Waals surface area contributed by atoms with Crippen LogP contribution in [0, 0.1) is 102 Å². The largest absolute Gasteiger partial charge is 0.358 e. The summed E-state index contributed by atoms with van der Waals surface area (Å²) in [5.41, 5.74) is 34.6. The summed E-state index contributed by atoms with van der Waals surface area (Å²) in [4.78, 5) is 0. The van der Waals surface area contributed by atoms with Crippen LogP contribution in [0.25, 0.3) is 55.6 Å². The quantitative estimate of drug-likeness (QED) is 0.112. The normalized spacial score (nSPS) is 14.8. The Hall–Kier alpha value is -9.83. The van der Waals surface area contributed by atoms with Crippen molar-refractivity contribution in [2.24, 2.45) is 17.8 Å². The van der Waals surface area contributed by atoms with Gasteiger partial charge < -0.3 is 44.6 Å². The van der Waals surface area contributed by atoms with E-state index in [1.165, 1.54) is 220 Å². The van der Waals surface area contributed by atoms with Gasteiger partial charge in [0.1, 0.15) is 0 Å². The zero-order valence-electron chi connectivity index (χ0n) is 78.9. The van der Waals surface area contributed by atoms with E-state index >= 15 is 0 Å². The Bertz CT molecular complexity index is 5530. The van der Waals surface area contributed by atoms with Crippen molar-refractivity contribution in [3.8, 4) is 55.6 Å². The molecule has 4 saturated carbocycles. The maximum Gasteiger partial charge on any atom is 0.0713 e. The van der Waals surface area contributed by atoms with Crippen LogP contribution in [0.15, 0.2) is 364 Å². The van der Waals surface area contributed by atoms with E-state index in [0.29, 0.717) is 5.92 Å². The van der Waals surface area contributed by atoms with E-state index < -0.39 is 0 Å². The van der Waals surface area contributed by atoms with Crippen LogP contribution in [-0.2, 0) is 137 Å². The van der Waals surface area contributed by atoms with Crippen molar-refractivity contribution < 1.29 is 110 Å². The molecule has 4 radical (unpaired) electrons. The zero-order valence-corrected chi connectivity index (χ0v) is 89.7. The van der Waals surface area contributed by atoms with E-state index in [1.54, 1.807) is 22.3 Å². The Labute approximate surface area is 858 Å². The summed E-state index contributed by atoms with van der Waals surface area (Å²) in [5, 5.41) is 0. The molecule has 690 valence electrons. The van der Waals surface area contributed by atoms with Crippen LogP contribution in [0.4, 0.5) is 0 Å². The Balaban J connectivity index is 0.000000535. The predicted octanol–water partition coefficient (Wildman–Crippen LogP) is 32.0. The van der Waals surface area contributed by atoms with Crippen molar-refractivity contribution in [1.82, 2.24) is 0 Å². The molecule has 0 heterocycles. The number of rotatable bonds is 7. The molecule has 6 nitrogen and oxygen atoms in total. The van der Waals surface area contributed by atoms with Gasteiger partial charge in [0.05, 0.1) is 5.41 Å². The second-order valence-corrected chi connectivity index (χ2v) is 33.7. The van der Waals surface area contributed by atoms with E-state index in [4.69, 9.17) is 27.9 Å². The van der Waals surface area contributed by atoms with Gasteiger partial charge in [-0.3, -0.25) is 0 Å². The molecule has 23 rings (SSSR count). The minimum Gasteiger partial charge on any atom is -0.358 e. The van der Waals surface area contributed by atoms with Crippen LogP contribution in [0.2, 0.25) is 0 Å². The van der Waals surface area contributed by atoms with Gasteiger partial charge in [0.15, 0.2) is 0 Å². The van der Waals surface area contributed by atoms with E-state index in [1.807, 2.05) is 0 Å². The van der Waals surface area contributed by atoms with Crippen molar-refractivity contribution in [1.29, 1.82) is 0 Å². The van der Waals surface area contributed by atoms with Gasteiger partial charge in [0.25, 0.3) is 0 Å². The molecule has 0 saturated heterocycles. The second kappa shape index (κ2) is 57.9. The van der Waals surface area contributed by atoms with Gasteiger partial charge >= 0.3 is 67.8 Å².